The van der Waals surface area contributed by atoms with Gasteiger partial charge in [0.05, 0.1) is 0 Å². The predicted molar refractivity (Wildman–Crippen MR) is 72.9 cm³/mol. The summed E-state index contributed by atoms with van der Waals surface area (Å²) in [5.41, 5.74) is 5.61. The Bertz CT molecular complexity index is 449. The zero-order chi connectivity index (χ0) is 14.3. The number of benzene rings is 1. The molecule has 1 rings (SSSR count). The summed E-state index contributed by atoms with van der Waals surface area (Å²) in [6.07, 6.45) is 0. The molecule has 0 heterocycles. The Balaban J connectivity index is 2.61. The molecule has 0 aliphatic carbocycles. The first-order chi connectivity index (χ1) is 9.02. The highest BCUT2D eigenvalue weighted by Gasteiger charge is 2.12. The van der Waals surface area contributed by atoms with Gasteiger partial charge in [0.25, 0.3) is 5.91 Å². The second-order valence-corrected chi connectivity index (χ2v) is 4.23. The predicted octanol–water partition coefficient (Wildman–Crippen LogP) is 0.345. The third kappa shape index (κ3) is 5.39. The highest BCUT2D eigenvalue weighted by Crippen LogP contribution is 2.17. The molecule has 0 saturated carbocycles. The summed E-state index contributed by atoms with van der Waals surface area (Å²) in [5.74, 6) is -0.281. The van der Waals surface area contributed by atoms with Crippen LogP contribution in [0.25, 0.3) is 0 Å². The summed E-state index contributed by atoms with van der Waals surface area (Å²) < 4.78 is 5.16. The van der Waals surface area contributed by atoms with Crippen LogP contribution < -0.4 is 21.1 Å². The van der Waals surface area contributed by atoms with Crippen LogP contribution in [0.2, 0.25) is 0 Å². The Kier molecular flexibility index (Phi) is 5.81. The summed E-state index contributed by atoms with van der Waals surface area (Å²) in [6, 6.07) is 6.82. The van der Waals surface area contributed by atoms with E-state index in [-0.39, 0.29) is 18.4 Å². The second kappa shape index (κ2) is 7.38. The molecule has 0 aromatic heterocycles. The summed E-state index contributed by atoms with van der Waals surface area (Å²) in [4.78, 5) is 22.4. The minimum absolute atomic E-state index is 0.0820. The smallest absolute Gasteiger partial charge is 0.255 e. The van der Waals surface area contributed by atoms with E-state index < -0.39 is 5.91 Å². The molecule has 1 aromatic carbocycles. The molecule has 4 N–H and O–H groups in total. The molecule has 2 amide bonds. The molecule has 0 saturated heterocycles. The first kappa shape index (κ1) is 15.0. The van der Waals surface area contributed by atoms with E-state index in [1.807, 2.05) is 6.92 Å². The second-order valence-electron chi connectivity index (χ2n) is 4.23. The maximum absolute atomic E-state index is 11.8. The van der Waals surface area contributed by atoms with E-state index in [0.717, 1.165) is 0 Å². The van der Waals surface area contributed by atoms with E-state index in [2.05, 4.69) is 10.6 Å². The number of ether oxygens (including phenoxy) is 1. The molecular formula is C13H19N3O3. The fourth-order valence-electron chi connectivity index (χ4n) is 1.48. The quantitative estimate of drug-likeness (QED) is 0.663. The number of nitrogens with two attached hydrogens (primary N) is 1. The summed E-state index contributed by atoms with van der Waals surface area (Å²) >= 11 is 0. The van der Waals surface area contributed by atoms with Crippen molar-refractivity contribution in [2.24, 2.45) is 11.7 Å². The lowest BCUT2D eigenvalue weighted by Gasteiger charge is -2.12. The maximum atomic E-state index is 11.8. The molecule has 6 nitrogen and oxygen atoms in total. The van der Waals surface area contributed by atoms with Gasteiger partial charge in [0.15, 0.2) is 6.61 Å². The first-order valence-corrected chi connectivity index (χ1v) is 5.99. The van der Waals surface area contributed by atoms with Gasteiger partial charge >= 0.3 is 0 Å². The standard InChI is InChI=1S/C13H19N3O3/c1-9(7-15-2)13(18)16-10-4-3-5-11(6-10)19-8-12(14)17/h3-6,9,15H,7-8H2,1-2H3,(H2,14,17)(H,16,18). The van der Waals surface area contributed by atoms with E-state index in [4.69, 9.17) is 10.5 Å². The average molecular weight is 265 g/mol. The molecule has 6 heteroatoms. The Morgan fingerprint density at radius 2 is 2.16 bits per heavy atom. The number of primary amides is 1. The molecule has 0 radical (unpaired) electrons. The number of nitrogens with one attached hydrogen (secondary N) is 2. The van der Waals surface area contributed by atoms with Crippen molar-refractivity contribution in [3.63, 3.8) is 0 Å². The summed E-state index contributed by atoms with van der Waals surface area (Å²) in [5, 5.41) is 5.72. The number of anilines is 1. The average Bonchev–Trinajstić information content (AvgIpc) is 2.37. The molecule has 1 unspecified atom stereocenters. The zero-order valence-corrected chi connectivity index (χ0v) is 11.1. The Morgan fingerprint density at radius 3 is 2.79 bits per heavy atom. The lowest BCUT2D eigenvalue weighted by molar-refractivity contribution is -0.120. The van der Waals surface area contributed by atoms with E-state index in [9.17, 15) is 9.59 Å². The number of hydrogen-bond donors (Lipinski definition) is 3. The first-order valence-electron chi connectivity index (χ1n) is 5.99. The highest BCUT2D eigenvalue weighted by molar-refractivity contribution is 5.92. The van der Waals surface area contributed by atoms with Crippen LogP contribution in [0, 0.1) is 5.92 Å². The van der Waals surface area contributed by atoms with Crippen LogP contribution in [-0.4, -0.2) is 32.0 Å². The number of rotatable bonds is 7. The Labute approximate surface area is 112 Å². The van der Waals surface area contributed by atoms with Crippen LogP contribution in [-0.2, 0) is 9.59 Å². The topological polar surface area (TPSA) is 93.4 Å². The van der Waals surface area contributed by atoms with Gasteiger partial charge in [-0.1, -0.05) is 13.0 Å². The molecule has 104 valence electrons. The van der Waals surface area contributed by atoms with Gasteiger partial charge < -0.3 is 21.1 Å². The summed E-state index contributed by atoms with van der Waals surface area (Å²) in [6.45, 7) is 2.25. The SMILES string of the molecule is CNCC(C)C(=O)Nc1cccc(OCC(N)=O)c1. The van der Waals surface area contributed by atoms with Crippen molar-refractivity contribution in [3.05, 3.63) is 24.3 Å². The molecule has 1 aromatic rings. The number of amides is 2. The van der Waals surface area contributed by atoms with E-state index >= 15 is 0 Å². The van der Waals surface area contributed by atoms with E-state index in [1.165, 1.54) is 0 Å². The van der Waals surface area contributed by atoms with Crippen LogP contribution in [0.3, 0.4) is 0 Å². The van der Waals surface area contributed by atoms with Gasteiger partial charge in [-0.25, -0.2) is 0 Å². The maximum Gasteiger partial charge on any atom is 0.255 e. The number of carbonyl (C=O) groups excluding carboxylic acids is 2. The summed E-state index contributed by atoms with van der Waals surface area (Å²) in [7, 11) is 1.79. The van der Waals surface area contributed by atoms with Gasteiger partial charge in [-0.15, -0.1) is 0 Å². The number of hydrogen-bond acceptors (Lipinski definition) is 4. The van der Waals surface area contributed by atoms with Gasteiger partial charge in [0, 0.05) is 24.2 Å². The Morgan fingerprint density at radius 1 is 1.42 bits per heavy atom. The zero-order valence-electron chi connectivity index (χ0n) is 11.1. The van der Waals surface area contributed by atoms with E-state index in [1.54, 1.807) is 31.3 Å². The third-order valence-corrected chi connectivity index (χ3v) is 2.44. The number of carbonyl (C=O) groups is 2. The van der Waals surface area contributed by atoms with Crippen molar-refractivity contribution in [2.75, 3.05) is 25.5 Å². The van der Waals surface area contributed by atoms with Gasteiger partial charge in [-0.3, -0.25) is 9.59 Å². The Hall–Kier alpha value is -2.08. The third-order valence-electron chi connectivity index (χ3n) is 2.44. The fraction of sp³-hybridized carbons (Fsp3) is 0.385. The van der Waals surface area contributed by atoms with Gasteiger partial charge in [-0.2, -0.15) is 0 Å². The molecule has 0 aliphatic rings. The van der Waals surface area contributed by atoms with Crippen LogP contribution in [0.4, 0.5) is 5.69 Å². The molecule has 0 spiro atoms. The molecule has 0 aliphatic heterocycles. The van der Waals surface area contributed by atoms with Gasteiger partial charge in [-0.05, 0) is 19.2 Å². The van der Waals surface area contributed by atoms with Crippen LogP contribution >= 0.6 is 0 Å². The van der Waals surface area contributed by atoms with Gasteiger partial charge in [0.1, 0.15) is 5.75 Å². The molecule has 0 bridgehead atoms. The van der Waals surface area contributed by atoms with Crippen molar-refractivity contribution >= 4 is 17.5 Å². The largest absolute Gasteiger partial charge is 0.484 e. The van der Waals surface area contributed by atoms with Crippen LogP contribution in [0.1, 0.15) is 6.92 Å². The van der Waals surface area contributed by atoms with Crippen molar-refractivity contribution in [1.82, 2.24) is 5.32 Å². The molecular weight excluding hydrogens is 246 g/mol. The fourth-order valence-corrected chi connectivity index (χ4v) is 1.48. The van der Waals surface area contributed by atoms with Crippen molar-refractivity contribution < 1.29 is 14.3 Å². The van der Waals surface area contributed by atoms with Crippen LogP contribution in [0.15, 0.2) is 24.3 Å². The lowest BCUT2D eigenvalue weighted by Crippen LogP contribution is -2.28. The normalized spacial score (nSPS) is 11.7. The van der Waals surface area contributed by atoms with Crippen molar-refractivity contribution in [2.45, 2.75) is 6.92 Å². The minimum Gasteiger partial charge on any atom is -0.484 e. The van der Waals surface area contributed by atoms with Crippen molar-refractivity contribution in [3.8, 4) is 5.75 Å². The van der Waals surface area contributed by atoms with Gasteiger partial charge in [0.2, 0.25) is 5.91 Å². The highest BCUT2D eigenvalue weighted by atomic mass is 16.5. The van der Waals surface area contributed by atoms with Crippen LogP contribution in [0.5, 0.6) is 5.75 Å². The van der Waals surface area contributed by atoms with E-state index in [0.29, 0.717) is 18.0 Å². The minimum atomic E-state index is -0.544. The molecule has 19 heavy (non-hydrogen) atoms. The van der Waals surface area contributed by atoms with Crippen molar-refractivity contribution in [1.29, 1.82) is 0 Å². The lowest BCUT2D eigenvalue weighted by atomic mass is 10.1. The molecule has 0 fully saturated rings. The monoisotopic (exact) mass is 265 g/mol. The molecule has 1 atom stereocenters.